The van der Waals surface area contributed by atoms with Crippen LogP contribution in [0, 0.1) is 10.1 Å². The fraction of sp³-hybridized carbons (Fsp3) is 0.667. The number of nitrogens with two attached hydrogens (primary N) is 1. The fourth-order valence-corrected chi connectivity index (χ4v) is 2.48. The minimum Gasteiger partial charge on any atom is -0.404 e. The lowest BCUT2D eigenvalue weighted by Gasteiger charge is -2.39. The van der Waals surface area contributed by atoms with Gasteiger partial charge in [0.15, 0.2) is 0 Å². The van der Waals surface area contributed by atoms with Crippen molar-refractivity contribution in [3.8, 4) is 0 Å². The van der Waals surface area contributed by atoms with E-state index in [4.69, 9.17) is 14.9 Å². The third kappa shape index (κ3) is 2.94. The highest BCUT2D eigenvalue weighted by Crippen LogP contribution is 2.32. The molecular formula is C12H19N3O4. The second-order valence-corrected chi connectivity index (χ2v) is 4.56. The maximum Gasteiger partial charge on any atom is 0.433 e. The minimum atomic E-state index is -0.533. The molecule has 1 aliphatic heterocycles. The summed E-state index contributed by atoms with van der Waals surface area (Å²) in [4.78, 5) is 12.4. The number of ether oxygens (including phenoxy) is 1. The molecule has 1 aliphatic rings. The van der Waals surface area contributed by atoms with E-state index in [0.29, 0.717) is 18.9 Å². The van der Waals surface area contributed by atoms with Crippen LogP contribution >= 0.6 is 0 Å². The lowest BCUT2D eigenvalue weighted by atomic mass is 10.0. The first kappa shape index (κ1) is 14.0. The van der Waals surface area contributed by atoms with Gasteiger partial charge in [-0.15, -0.1) is 0 Å². The zero-order valence-electron chi connectivity index (χ0n) is 10.9. The molecule has 1 aromatic rings. The molecule has 2 atom stereocenters. The Balaban J connectivity index is 2.25. The SMILES string of the molecule is CCCN1CCOC(CN)C1c1ccc([N+](=O)[O-])o1. The Kier molecular flexibility index (Phi) is 4.52. The van der Waals surface area contributed by atoms with Crippen LogP contribution < -0.4 is 5.73 Å². The molecule has 2 unspecified atom stereocenters. The van der Waals surface area contributed by atoms with Gasteiger partial charge in [0, 0.05) is 13.1 Å². The summed E-state index contributed by atoms with van der Waals surface area (Å²) in [7, 11) is 0. The molecule has 0 amide bonds. The maximum atomic E-state index is 10.7. The van der Waals surface area contributed by atoms with E-state index < -0.39 is 4.92 Å². The molecule has 0 spiro atoms. The molecule has 19 heavy (non-hydrogen) atoms. The van der Waals surface area contributed by atoms with Crippen LogP contribution in [0.4, 0.5) is 5.88 Å². The first-order chi connectivity index (χ1) is 9.17. The molecule has 106 valence electrons. The highest BCUT2D eigenvalue weighted by molar-refractivity contribution is 5.21. The van der Waals surface area contributed by atoms with Gasteiger partial charge in [0.1, 0.15) is 10.7 Å². The zero-order valence-corrected chi connectivity index (χ0v) is 10.9. The van der Waals surface area contributed by atoms with Crippen molar-refractivity contribution in [2.75, 3.05) is 26.2 Å². The second-order valence-electron chi connectivity index (χ2n) is 4.56. The van der Waals surface area contributed by atoms with Crippen molar-refractivity contribution in [3.63, 3.8) is 0 Å². The number of rotatable bonds is 5. The summed E-state index contributed by atoms with van der Waals surface area (Å²) in [5, 5.41) is 10.7. The van der Waals surface area contributed by atoms with E-state index in [-0.39, 0.29) is 18.0 Å². The van der Waals surface area contributed by atoms with Crippen molar-refractivity contribution in [2.24, 2.45) is 5.73 Å². The first-order valence-corrected chi connectivity index (χ1v) is 6.47. The largest absolute Gasteiger partial charge is 0.433 e. The van der Waals surface area contributed by atoms with Gasteiger partial charge in [-0.05, 0) is 19.0 Å². The Bertz CT molecular complexity index is 432. The number of nitrogens with zero attached hydrogens (tertiary/aromatic N) is 2. The van der Waals surface area contributed by atoms with Gasteiger partial charge in [0.2, 0.25) is 0 Å². The van der Waals surface area contributed by atoms with Crippen LogP contribution in [0.1, 0.15) is 25.1 Å². The number of morpholine rings is 1. The molecule has 0 radical (unpaired) electrons. The Labute approximate surface area is 111 Å². The van der Waals surface area contributed by atoms with Crippen LogP contribution in [0.5, 0.6) is 0 Å². The quantitative estimate of drug-likeness (QED) is 0.639. The summed E-state index contributed by atoms with van der Waals surface area (Å²) < 4.78 is 11.0. The molecule has 0 aliphatic carbocycles. The summed E-state index contributed by atoms with van der Waals surface area (Å²) in [5.41, 5.74) is 5.73. The Morgan fingerprint density at radius 3 is 2.95 bits per heavy atom. The molecule has 2 rings (SSSR count). The lowest BCUT2D eigenvalue weighted by molar-refractivity contribution is -0.402. The number of hydrogen-bond donors (Lipinski definition) is 1. The van der Waals surface area contributed by atoms with Crippen LogP contribution in [-0.2, 0) is 4.74 Å². The standard InChI is InChI=1S/C12H19N3O4/c1-2-5-14-6-7-18-10(8-13)12(14)9-3-4-11(19-9)15(16)17/h3-4,10,12H,2,5-8,13H2,1H3. The van der Waals surface area contributed by atoms with Gasteiger partial charge in [-0.25, -0.2) is 0 Å². The van der Waals surface area contributed by atoms with Gasteiger partial charge in [-0.3, -0.25) is 15.0 Å². The summed E-state index contributed by atoms with van der Waals surface area (Å²) in [6, 6.07) is 2.87. The van der Waals surface area contributed by atoms with E-state index in [1.165, 1.54) is 6.07 Å². The van der Waals surface area contributed by atoms with Crippen molar-refractivity contribution in [1.82, 2.24) is 4.90 Å². The normalized spacial score (nSPS) is 24.5. The number of hydrogen-bond acceptors (Lipinski definition) is 6. The third-order valence-electron chi connectivity index (χ3n) is 3.28. The molecule has 2 heterocycles. The monoisotopic (exact) mass is 269 g/mol. The maximum absolute atomic E-state index is 10.7. The molecule has 7 nitrogen and oxygen atoms in total. The van der Waals surface area contributed by atoms with E-state index in [2.05, 4.69) is 11.8 Å². The lowest BCUT2D eigenvalue weighted by Crippen LogP contribution is -2.48. The minimum absolute atomic E-state index is 0.146. The van der Waals surface area contributed by atoms with Gasteiger partial charge in [-0.1, -0.05) is 6.92 Å². The fourth-order valence-electron chi connectivity index (χ4n) is 2.48. The van der Waals surface area contributed by atoms with Gasteiger partial charge >= 0.3 is 5.88 Å². The summed E-state index contributed by atoms with van der Waals surface area (Å²) in [6.07, 6.45) is 0.808. The second kappa shape index (κ2) is 6.14. The summed E-state index contributed by atoms with van der Waals surface area (Å²) >= 11 is 0. The van der Waals surface area contributed by atoms with Crippen LogP contribution in [-0.4, -0.2) is 42.2 Å². The molecule has 0 aromatic carbocycles. The predicted octanol–water partition coefficient (Wildman–Crippen LogP) is 1.30. The van der Waals surface area contributed by atoms with E-state index in [1.54, 1.807) is 6.07 Å². The highest BCUT2D eigenvalue weighted by Gasteiger charge is 2.35. The van der Waals surface area contributed by atoms with Crippen LogP contribution in [0.3, 0.4) is 0 Å². The topological polar surface area (TPSA) is 94.8 Å². The highest BCUT2D eigenvalue weighted by atomic mass is 16.6. The average molecular weight is 269 g/mol. The number of furan rings is 1. The van der Waals surface area contributed by atoms with Gasteiger partial charge < -0.3 is 14.9 Å². The molecule has 7 heteroatoms. The molecular weight excluding hydrogens is 250 g/mol. The van der Waals surface area contributed by atoms with Crippen LogP contribution in [0.2, 0.25) is 0 Å². The van der Waals surface area contributed by atoms with Crippen molar-refractivity contribution in [2.45, 2.75) is 25.5 Å². The van der Waals surface area contributed by atoms with Gasteiger partial charge in [-0.2, -0.15) is 0 Å². The van der Waals surface area contributed by atoms with Crippen molar-refractivity contribution in [1.29, 1.82) is 0 Å². The molecule has 1 saturated heterocycles. The molecule has 0 saturated carbocycles. The van der Waals surface area contributed by atoms with E-state index in [0.717, 1.165) is 19.5 Å². The Hall–Kier alpha value is -1.44. The molecule has 1 aromatic heterocycles. The van der Waals surface area contributed by atoms with Crippen molar-refractivity contribution >= 4 is 5.88 Å². The first-order valence-electron chi connectivity index (χ1n) is 6.47. The van der Waals surface area contributed by atoms with E-state index in [9.17, 15) is 10.1 Å². The van der Waals surface area contributed by atoms with E-state index in [1.807, 2.05) is 0 Å². The predicted molar refractivity (Wildman–Crippen MR) is 68.8 cm³/mol. The Morgan fingerprint density at radius 1 is 1.58 bits per heavy atom. The molecule has 0 bridgehead atoms. The average Bonchev–Trinajstić information content (AvgIpc) is 2.88. The number of nitro groups is 1. The van der Waals surface area contributed by atoms with Crippen LogP contribution in [0.15, 0.2) is 16.5 Å². The van der Waals surface area contributed by atoms with Crippen molar-refractivity contribution < 1.29 is 14.1 Å². The van der Waals surface area contributed by atoms with Gasteiger partial charge in [0.05, 0.1) is 24.8 Å². The molecule has 2 N–H and O–H groups in total. The van der Waals surface area contributed by atoms with Crippen molar-refractivity contribution in [3.05, 3.63) is 28.0 Å². The smallest absolute Gasteiger partial charge is 0.404 e. The van der Waals surface area contributed by atoms with Crippen LogP contribution in [0.25, 0.3) is 0 Å². The summed E-state index contributed by atoms with van der Waals surface area (Å²) in [6.45, 7) is 4.75. The zero-order chi connectivity index (χ0) is 13.8. The third-order valence-corrected chi connectivity index (χ3v) is 3.28. The van der Waals surface area contributed by atoms with E-state index >= 15 is 0 Å². The summed E-state index contributed by atoms with van der Waals surface area (Å²) in [5.74, 6) is 0.308. The Morgan fingerprint density at radius 2 is 2.37 bits per heavy atom. The molecule has 1 fully saturated rings. The van der Waals surface area contributed by atoms with Gasteiger partial charge in [0.25, 0.3) is 0 Å².